The maximum atomic E-state index is 12.2. The van der Waals surface area contributed by atoms with Crippen LogP contribution in [0.4, 0.5) is 0 Å². The van der Waals surface area contributed by atoms with E-state index in [2.05, 4.69) is 11.8 Å². The lowest BCUT2D eigenvalue weighted by Crippen LogP contribution is -2.52. The first-order valence-corrected chi connectivity index (χ1v) is 9.16. The third-order valence-corrected chi connectivity index (χ3v) is 5.60. The molecule has 6 nitrogen and oxygen atoms in total. The highest BCUT2D eigenvalue weighted by Gasteiger charge is 2.26. The summed E-state index contributed by atoms with van der Waals surface area (Å²) in [5.74, 6) is 0.905. The fourth-order valence-corrected chi connectivity index (χ4v) is 3.60. The van der Waals surface area contributed by atoms with Gasteiger partial charge in [0.2, 0.25) is 15.9 Å². The van der Waals surface area contributed by atoms with Crippen LogP contribution >= 0.6 is 0 Å². The van der Waals surface area contributed by atoms with Gasteiger partial charge in [0, 0.05) is 39.3 Å². The molecule has 0 spiro atoms. The summed E-state index contributed by atoms with van der Waals surface area (Å²) in [6.45, 7) is 6.64. The number of nitrogens with zero attached hydrogens (tertiary/aromatic N) is 3. The summed E-state index contributed by atoms with van der Waals surface area (Å²) in [7, 11) is -3.09. The number of hydrogen-bond donors (Lipinski definition) is 0. The summed E-state index contributed by atoms with van der Waals surface area (Å²) in [6, 6.07) is 0. The SMILES string of the molecule is CC1CCN(C(=O)CN2CCN(S(C)(=O)=O)CC2)CC1. The molecule has 20 heavy (non-hydrogen) atoms. The van der Waals surface area contributed by atoms with Gasteiger partial charge in [-0.3, -0.25) is 9.69 Å². The van der Waals surface area contributed by atoms with E-state index in [0.29, 0.717) is 32.7 Å². The van der Waals surface area contributed by atoms with Crippen LogP contribution < -0.4 is 0 Å². The van der Waals surface area contributed by atoms with Gasteiger partial charge in [0.1, 0.15) is 0 Å². The lowest BCUT2D eigenvalue weighted by Gasteiger charge is -2.35. The van der Waals surface area contributed by atoms with Crippen LogP contribution in [0.15, 0.2) is 0 Å². The Morgan fingerprint density at radius 1 is 1.05 bits per heavy atom. The number of hydrogen-bond acceptors (Lipinski definition) is 4. The lowest BCUT2D eigenvalue weighted by atomic mass is 9.99. The molecule has 7 heteroatoms. The summed E-state index contributed by atoms with van der Waals surface area (Å²) >= 11 is 0. The summed E-state index contributed by atoms with van der Waals surface area (Å²) in [5.41, 5.74) is 0. The zero-order valence-electron chi connectivity index (χ0n) is 12.4. The van der Waals surface area contributed by atoms with Gasteiger partial charge < -0.3 is 4.90 Å². The van der Waals surface area contributed by atoms with Crippen LogP contribution in [0.2, 0.25) is 0 Å². The molecule has 2 rings (SSSR count). The van der Waals surface area contributed by atoms with Gasteiger partial charge in [0.25, 0.3) is 0 Å². The van der Waals surface area contributed by atoms with E-state index in [-0.39, 0.29) is 5.91 Å². The fourth-order valence-electron chi connectivity index (χ4n) is 2.77. The molecule has 0 aromatic rings. The van der Waals surface area contributed by atoms with Crippen molar-refractivity contribution in [2.24, 2.45) is 5.92 Å². The van der Waals surface area contributed by atoms with Crippen LogP contribution in [0.25, 0.3) is 0 Å². The molecular formula is C13H25N3O3S. The number of likely N-dealkylation sites (tertiary alicyclic amines) is 1. The van der Waals surface area contributed by atoms with Crippen LogP contribution in [-0.4, -0.2) is 80.5 Å². The molecule has 0 aromatic carbocycles. The summed E-state index contributed by atoms with van der Waals surface area (Å²) in [6.07, 6.45) is 3.42. The molecule has 0 bridgehead atoms. The molecule has 0 aliphatic carbocycles. The topological polar surface area (TPSA) is 60.9 Å². The minimum absolute atomic E-state index is 0.185. The second kappa shape index (κ2) is 6.41. The Morgan fingerprint density at radius 2 is 1.60 bits per heavy atom. The summed E-state index contributed by atoms with van der Waals surface area (Å²) < 4.78 is 24.3. The number of amides is 1. The van der Waals surface area contributed by atoms with Crippen molar-refractivity contribution >= 4 is 15.9 Å². The smallest absolute Gasteiger partial charge is 0.236 e. The van der Waals surface area contributed by atoms with Crippen molar-refractivity contribution in [3.8, 4) is 0 Å². The van der Waals surface area contributed by atoms with Gasteiger partial charge in [-0.25, -0.2) is 8.42 Å². The second-order valence-electron chi connectivity index (χ2n) is 6.00. The Bertz CT molecular complexity index is 436. The molecule has 0 radical (unpaired) electrons. The van der Waals surface area contributed by atoms with Gasteiger partial charge in [-0.05, 0) is 18.8 Å². The van der Waals surface area contributed by atoms with Crippen molar-refractivity contribution in [3.05, 3.63) is 0 Å². The molecule has 0 N–H and O–H groups in total. The molecule has 0 unspecified atom stereocenters. The number of carbonyl (C=O) groups is 1. The minimum Gasteiger partial charge on any atom is -0.342 e. The summed E-state index contributed by atoms with van der Waals surface area (Å²) in [5, 5.41) is 0. The first-order valence-electron chi connectivity index (χ1n) is 7.31. The van der Waals surface area contributed by atoms with Crippen molar-refractivity contribution in [1.82, 2.24) is 14.1 Å². The second-order valence-corrected chi connectivity index (χ2v) is 7.98. The van der Waals surface area contributed by atoms with E-state index in [0.717, 1.165) is 31.8 Å². The van der Waals surface area contributed by atoms with Crippen molar-refractivity contribution in [3.63, 3.8) is 0 Å². The molecular weight excluding hydrogens is 278 g/mol. The van der Waals surface area contributed by atoms with Crippen molar-refractivity contribution in [2.45, 2.75) is 19.8 Å². The highest BCUT2D eigenvalue weighted by Crippen LogP contribution is 2.16. The van der Waals surface area contributed by atoms with Crippen LogP contribution in [0.3, 0.4) is 0 Å². The molecule has 0 aromatic heterocycles. The van der Waals surface area contributed by atoms with Gasteiger partial charge in [0.15, 0.2) is 0 Å². The Balaban J connectivity index is 1.76. The Morgan fingerprint density at radius 3 is 2.10 bits per heavy atom. The van der Waals surface area contributed by atoms with Crippen LogP contribution in [0.5, 0.6) is 0 Å². The minimum atomic E-state index is -3.09. The monoisotopic (exact) mass is 303 g/mol. The first kappa shape index (κ1) is 15.7. The predicted molar refractivity (Wildman–Crippen MR) is 77.8 cm³/mol. The van der Waals surface area contributed by atoms with E-state index in [1.807, 2.05) is 4.90 Å². The molecule has 2 heterocycles. The van der Waals surface area contributed by atoms with E-state index in [1.54, 1.807) is 0 Å². The van der Waals surface area contributed by atoms with Gasteiger partial charge in [-0.2, -0.15) is 4.31 Å². The molecule has 0 saturated carbocycles. The number of piperidine rings is 1. The summed E-state index contributed by atoms with van der Waals surface area (Å²) in [4.78, 5) is 16.2. The quantitative estimate of drug-likeness (QED) is 0.726. The maximum absolute atomic E-state index is 12.2. The molecule has 1 amide bonds. The van der Waals surface area contributed by atoms with Crippen molar-refractivity contribution in [2.75, 3.05) is 52.1 Å². The van der Waals surface area contributed by atoms with Crippen LogP contribution in [0, 0.1) is 5.92 Å². The van der Waals surface area contributed by atoms with Gasteiger partial charge in [-0.1, -0.05) is 6.92 Å². The molecule has 2 saturated heterocycles. The zero-order valence-corrected chi connectivity index (χ0v) is 13.2. The number of piperazine rings is 1. The van der Waals surface area contributed by atoms with Crippen molar-refractivity contribution in [1.29, 1.82) is 0 Å². The molecule has 2 fully saturated rings. The Labute approximate surface area is 121 Å². The average Bonchev–Trinajstić information content (AvgIpc) is 2.39. The fraction of sp³-hybridized carbons (Fsp3) is 0.923. The number of carbonyl (C=O) groups excluding carboxylic acids is 1. The van der Waals surface area contributed by atoms with Crippen molar-refractivity contribution < 1.29 is 13.2 Å². The maximum Gasteiger partial charge on any atom is 0.236 e. The van der Waals surface area contributed by atoms with E-state index >= 15 is 0 Å². The van der Waals surface area contributed by atoms with E-state index in [4.69, 9.17) is 0 Å². The molecule has 2 aliphatic rings. The average molecular weight is 303 g/mol. The van der Waals surface area contributed by atoms with E-state index in [1.165, 1.54) is 10.6 Å². The highest BCUT2D eigenvalue weighted by molar-refractivity contribution is 7.88. The Kier molecular flexibility index (Phi) is 5.04. The standard InChI is InChI=1S/C13H25N3O3S/c1-12-3-5-15(6-4-12)13(17)11-14-7-9-16(10-8-14)20(2,18)19/h12H,3-11H2,1-2H3. The van der Waals surface area contributed by atoms with Crippen LogP contribution in [0.1, 0.15) is 19.8 Å². The molecule has 116 valence electrons. The normalized spacial score (nSPS) is 24.0. The van der Waals surface area contributed by atoms with E-state index < -0.39 is 10.0 Å². The Hall–Kier alpha value is -0.660. The largest absolute Gasteiger partial charge is 0.342 e. The third kappa shape index (κ3) is 4.17. The van der Waals surface area contributed by atoms with Gasteiger partial charge in [-0.15, -0.1) is 0 Å². The zero-order chi connectivity index (χ0) is 14.8. The number of sulfonamides is 1. The molecule has 0 atom stereocenters. The van der Waals surface area contributed by atoms with E-state index in [9.17, 15) is 13.2 Å². The van der Waals surface area contributed by atoms with Gasteiger partial charge >= 0.3 is 0 Å². The lowest BCUT2D eigenvalue weighted by molar-refractivity contribution is -0.134. The van der Waals surface area contributed by atoms with Crippen LogP contribution in [-0.2, 0) is 14.8 Å². The molecule has 2 aliphatic heterocycles. The van der Waals surface area contributed by atoms with Gasteiger partial charge in [0.05, 0.1) is 12.8 Å². The number of rotatable bonds is 3. The highest BCUT2D eigenvalue weighted by atomic mass is 32.2. The predicted octanol–water partition coefficient (Wildman–Crippen LogP) is -0.178. The first-order chi connectivity index (χ1) is 9.36. The third-order valence-electron chi connectivity index (χ3n) is 4.30.